The van der Waals surface area contributed by atoms with Gasteiger partial charge in [0.15, 0.2) is 0 Å². The molecule has 0 aliphatic heterocycles. The summed E-state index contributed by atoms with van der Waals surface area (Å²) in [6.45, 7) is 4.29. The van der Waals surface area contributed by atoms with Gasteiger partial charge in [-0.05, 0) is 36.8 Å². The number of rotatable bonds is 2. The predicted molar refractivity (Wildman–Crippen MR) is 66.9 cm³/mol. The number of carbonyl (C=O) groups excluding carboxylic acids is 1. The second-order valence-corrected chi connectivity index (χ2v) is 5.16. The van der Waals surface area contributed by atoms with E-state index in [-0.39, 0.29) is 23.3 Å². The van der Waals surface area contributed by atoms with Crippen molar-refractivity contribution in [3.8, 4) is 5.75 Å². The number of halogens is 1. The number of carbonyl (C=O) groups is 1. The third kappa shape index (κ3) is 2.47. The maximum Gasteiger partial charge on any atom is 0.255 e. The van der Waals surface area contributed by atoms with E-state index in [0.29, 0.717) is 11.8 Å². The van der Waals surface area contributed by atoms with Crippen molar-refractivity contribution in [2.45, 2.75) is 32.7 Å². The summed E-state index contributed by atoms with van der Waals surface area (Å²) in [6, 6.07) is 3.57. The summed E-state index contributed by atoms with van der Waals surface area (Å²) < 4.78 is 12.8. The molecule has 98 valence electrons. The molecule has 1 saturated carbocycles. The minimum Gasteiger partial charge on any atom is -0.507 e. The lowest BCUT2D eigenvalue weighted by atomic mass is 9.97. The lowest BCUT2D eigenvalue weighted by Crippen LogP contribution is -2.37. The van der Waals surface area contributed by atoms with Crippen LogP contribution in [0.5, 0.6) is 5.75 Å². The molecular weight excluding hydrogens is 233 g/mol. The first-order chi connectivity index (χ1) is 8.49. The van der Waals surface area contributed by atoms with Crippen LogP contribution in [-0.4, -0.2) is 17.1 Å². The van der Waals surface area contributed by atoms with E-state index in [1.807, 2.05) is 0 Å². The highest BCUT2D eigenvalue weighted by Crippen LogP contribution is 2.31. The standard InChI is InChI=1S/C14H18FNO2/c1-8-3-6-12(9(8)2)16-14(18)11-5-4-10(15)7-13(11)17/h4-5,7-9,12,17H,3,6H2,1-2H3,(H,16,18). The zero-order chi connectivity index (χ0) is 13.3. The van der Waals surface area contributed by atoms with Crippen molar-refractivity contribution >= 4 is 5.91 Å². The Hall–Kier alpha value is -1.58. The Labute approximate surface area is 106 Å². The first-order valence-electron chi connectivity index (χ1n) is 6.28. The highest BCUT2D eigenvalue weighted by atomic mass is 19.1. The average molecular weight is 251 g/mol. The summed E-state index contributed by atoms with van der Waals surface area (Å²) in [5, 5.41) is 12.5. The molecule has 1 amide bonds. The Morgan fingerprint density at radius 2 is 2.11 bits per heavy atom. The molecule has 18 heavy (non-hydrogen) atoms. The summed E-state index contributed by atoms with van der Waals surface area (Å²) in [6.07, 6.45) is 2.05. The molecule has 0 saturated heterocycles. The molecule has 0 bridgehead atoms. The molecule has 0 spiro atoms. The number of hydrogen-bond donors (Lipinski definition) is 2. The topological polar surface area (TPSA) is 49.3 Å². The Morgan fingerprint density at radius 1 is 1.39 bits per heavy atom. The van der Waals surface area contributed by atoms with Crippen LogP contribution in [0.4, 0.5) is 4.39 Å². The first kappa shape index (κ1) is 12.9. The third-order valence-corrected chi connectivity index (χ3v) is 3.99. The van der Waals surface area contributed by atoms with Gasteiger partial charge in [0.25, 0.3) is 5.91 Å². The van der Waals surface area contributed by atoms with Gasteiger partial charge >= 0.3 is 0 Å². The zero-order valence-corrected chi connectivity index (χ0v) is 10.6. The van der Waals surface area contributed by atoms with Gasteiger partial charge in [-0.3, -0.25) is 4.79 Å². The van der Waals surface area contributed by atoms with E-state index in [1.54, 1.807) is 0 Å². The molecular formula is C14H18FNO2. The van der Waals surface area contributed by atoms with E-state index in [9.17, 15) is 14.3 Å². The molecule has 4 heteroatoms. The lowest BCUT2D eigenvalue weighted by Gasteiger charge is -2.19. The monoisotopic (exact) mass is 251 g/mol. The van der Waals surface area contributed by atoms with Crippen molar-refractivity contribution < 1.29 is 14.3 Å². The highest BCUT2D eigenvalue weighted by Gasteiger charge is 2.31. The third-order valence-electron chi connectivity index (χ3n) is 3.99. The van der Waals surface area contributed by atoms with Crippen LogP contribution in [0.3, 0.4) is 0 Å². The van der Waals surface area contributed by atoms with Crippen LogP contribution in [0, 0.1) is 17.7 Å². The van der Waals surface area contributed by atoms with E-state index >= 15 is 0 Å². The van der Waals surface area contributed by atoms with E-state index in [4.69, 9.17) is 0 Å². The van der Waals surface area contributed by atoms with Crippen LogP contribution in [0.15, 0.2) is 18.2 Å². The number of phenolic OH excluding ortho intramolecular Hbond substituents is 1. The minimum atomic E-state index is -0.549. The predicted octanol–water partition coefficient (Wildman–Crippen LogP) is 2.70. The zero-order valence-electron chi connectivity index (χ0n) is 10.6. The van der Waals surface area contributed by atoms with Crippen molar-refractivity contribution in [1.29, 1.82) is 0 Å². The van der Waals surface area contributed by atoms with E-state index in [2.05, 4.69) is 19.2 Å². The summed E-state index contributed by atoms with van der Waals surface area (Å²) in [5.74, 6) is -0.176. The van der Waals surface area contributed by atoms with Gasteiger partial charge in [0, 0.05) is 12.1 Å². The Morgan fingerprint density at radius 3 is 2.67 bits per heavy atom. The van der Waals surface area contributed by atoms with Crippen LogP contribution in [0.25, 0.3) is 0 Å². The van der Waals surface area contributed by atoms with Crippen LogP contribution >= 0.6 is 0 Å². The molecule has 3 nitrogen and oxygen atoms in total. The molecule has 1 fully saturated rings. The average Bonchev–Trinajstić information content (AvgIpc) is 2.61. The molecule has 0 heterocycles. The largest absolute Gasteiger partial charge is 0.507 e. The molecule has 2 N–H and O–H groups in total. The van der Waals surface area contributed by atoms with Crippen LogP contribution in [-0.2, 0) is 0 Å². The van der Waals surface area contributed by atoms with Gasteiger partial charge < -0.3 is 10.4 Å². The fourth-order valence-electron chi connectivity index (χ4n) is 2.51. The van der Waals surface area contributed by atoms with Gasteiger partial charge in [-0.1, -0.05) is 13.8 Å². The molecule has 1 aliphatic carbocycles. The number of hydrogen-bond acceptors (Lipinski definition) is 2. The summed E-state index contributed by atoms with van der Waals surface area (Å²) in [7, 11) is 0. The van der Waals surface area contributed by atoms with Crippen LogP contribution in [0.2, 0.25) is 0 Å². The van der Waals surface area contributed by atoms with Crippen LogP contribution in [0.1, 0.15) is 37.0 Å². The molecule has 1 aromatic carbocycles. The molecule has 2 rings (SSSR count). The van der Waals surface area contributed by atoms with Crippen molar-refractivity contribution in [2.24, 2.45) is 11.8 Å². The summed E-state index contributed by atoms with van der Waals surface area (Å²) >= 11 is 0. The SMILES string of the molecule is CC1CCC(NC(=O)c2ccc(F)cc2O)C1C. The number of aromatic hydroxyl groups is 1. The molecule has 0 radical (unpaired) electrons. The molecule has 3 unspecified atom stereocenters. The molecule has 1 aliphatic rings. The summed E-state index contributed by atoms with van der Waals surface area (Å²) in [4.78, 5) is 12.0. The maximum absolute atomic E-state index is 12.8. The Kier molecular flexibility index (Phi) is 3.55. The van der Waals surface area contributed by atoms with Gasteiger partial charge in [-0.2, -0.15) is 0 Å². The number of benzene rings is 1. The maximum atomic E-state index is 12.8. The second-order valence-electron chi connectivity index (χ2n) is 5.16. The lowest BCUT2D eigenvalue weighted by molar-refractivity contribution is 0.0924. The van der Waals surface area contributed by atoms with E-state index < -0.39 is 5.82 Å². The van der Waals surface area contributed by atoms with Gasteiger partial charge in [-0.25, -0.2) is 4.39 Å². The molecule has 3 atom stereocenters. The van der Waals surface area contributed by atoms with Crippen LogP contribution < -0.4 is 5.32 Å². The van der Waals surface area contributed by atoms with Gasteiger partial charge in [0.2, 0.25) is 0 Å². The van der Waals surface area contributed by atoms with E-state index in [0.717, 1.165) is 18.9 Å². The fourth-order valence-corrected chi connectivity index (χ4v) is 2.51. The number of phenols is 1. The minimum absolute atomic E-state index is 0.128. The van der Waals surface area contributed by atoms with Gasteiger partial charge in [-0.15, -0.1) is 0 Å². The Balaban J connectivity index is 2.08. The van der Waals surface area contributed by atoms with Gasteiger partial charge in [0.1, 0.15) is 11.6 Å². The molecule has 0 aromatic heterocycles. The fraction of sp³-hybridized carbons (Fsp3) is 0.500. The van der Waals surface area contributed by atoms with Crippen molar-refractivity contribution in [1.82, 2.24) is 5.32 Å². The van der Waals surface area contributed by atoms with Crippen molar-refractivity contribution in [2.75, 3.05) is 0 Å². The Bertz CT molecular complexity index is 461. The van der Waals surface area contributed by atoms with Gasteiger partial charge in [0.05, 0.1) is 5.56 Å². The highest BCUT2D eigenvalue weighted by molar-refractivity contribution is 5.97. The van der Waals surface area contributed by atoms with Crippen molar-refractivity contribution in [3.05, 3.63) is 29.6 Å². The first-order valence-corrected chi connectivity index (χ1v) is 6.28. The smallest absolute Gasteiger partial charge is 0.255 e. The summed E-state index contributed by atoms with van der Waals surface area (Å²) in [5.41, 5.74) is 0.128. The molecule has 1 aromatic rings. The van der Waals surface area contributed by atoms with E-state index in [1.165, 1.54) is 12.1 Å². The number of amides is 1. The normalized spacial score (nSPS) is 27.2. The van der Waals surface area contributed by atoms with Crippen molar-refractivity contribution in [3.63, 3.8) is 0 Å². The number of nitrogens with one attached hydrogen (secondary N) is 1. The second kappa shape index (κ2) is 4.96. The quantitative estimate of drug-likeness (QED) is 0.849.